The van der Waals surface area contributed by atoms with Crippen molar-refractivity contribution in [2.45, 2.75) is 37.4 Å². The Kier molecular flexibility index (Phi) is 9.64. The van der Waals surface area contributed by atoms with Gasteiger partial charge in [0.1, 0.15) is 9.99 Å². The van der Waals surface area contributed by atoms with E-state index in [2.05, 4.69) is 24.4 Å². The second-order valence-corrected chi connectivity index (χ2v) is 8.94. The van der Waals surface area contributed by atoms with Crippen LogP contribution < -0.4 is 16.2 Å². The maximum absolute atomic E-state index is 11.8. The lowest BCUT2D eigenvalue weighted by Gasteiger charge is -2.08. The number of hydrogen-bond donors (Lipinski definition) is 3. The van der Waals surface area contributed by atoms with Gasteiger partial charge in [0.05, 0.1) is 27.3 Å². The highest BCUT2D eigenvalue weighted by molar-refractivity contribution is 8.00. The maximum atomic E-state index is 11.8. The summed E-state index contributed by atoms with van der Waals surface area (Å²) in [4.78, 5) is 21.5. The fourth-order valence-corrected chi connectivity index (χ4v) is 4.04. The van der Waals surface area contributed by atoms with Gasteiger partial charge in [-0.1, -0.05) is 25.4 Å². The molecule has 1 amide bonds. The smallest absolute Gasteiger partial charge is 0.245 e. The van der Waals surface area contributed by atoms with E-state index in [9.17, 15) is 13.8 Å². The van der Waals surface area contributed by atoms with E-state index in [1.807, 2.05) is 0 Å². The van der Waals surface area contributed by atoms with Crippen LogP contribution in [0.1, 0.15) is 27.2 Å². The summed E-state index contributed by atoms with van der Waals surface area (Å²) in [6, 6.07) is 1.27. The van der Waals surface area contributed by atoms with Crippen LogP contribution in [0.2, 0.25) is 5.02 Å². The monoisotopic (exact) mass is 381 g/mol. The zero-order chi connectivity index (χ0) is 18.2. The number of hydrogen-bond acceptors (Lipinski definition) is 6. The number of Topliss-reactive ketones (excluding diaryl/α,β-unsaturated/α-hetero) is 1. The largest absolute Gasteiger partial charge is 0.322 e. The number of carbonyl (C=O) groups excluding carboxylic acids is 2. The third kappa shape index (κ3) is 9.07. The number of thiophene rings is 1. The Labute approximate surface area is 146 Å². The molecule has 0 fully saturated rings. The van der Waals surface area contributed by atoms with Crippen molar-refractivity contribution < 1.29 is 13.8 Å². The minimum absolute atomic E-state index is 0.0868. The van der Waals surface area contributed by atoms with Crippen LogP contribution in [-0.4, -0.2) is 34.4 Å². The fraction of sp³-hybridized carbons (Fsp3) is 0.500. The van der Waals surface area contributed by atoms with Gasteiger partial charge in [0.2, 0.25) is 5.91 Å². The minimum Gasteiger partial charge on any atom is -0.322 e. The van der Waals surface area contributed by atoms with Crippen LogP contribution in [-0.2, 0) is 19.3 Å². The second kappa shape index (κ2) is 10.0. The van der Waals surface area contributed by atoms with Crippen molar-refractivity contribution in [3.8, 4) is 0 Å². The Balaban J connectivity index is 0.000000468. The molecular formula is C14H24ClN3O3S2. The van der Waals surface area contributed by atoms with E-state index in [1.165, 1.54) is 24.3 Å². The van der Waals surface area contributed by atoms with Crippen LogP contribution >= 0.6 is 22.9 Å². The Bertz CT molecular complexity index is 627. The molecule has 1 aromatic rings. The minimum atomic E-state index is -2.80. The van der Waals surface area contributed by atoms with Crippen molar-refractivity contribution in [2.24, 2.45) is 17.4 Å². The highest BCUT2D eigenvalue weighted by atomic mass is 35.5. The van der Waals surface area contributed by atoms with E-state index in [0.29, 0.717) is 15.1 Å². The van der Waals surface area contributed by atoms with Crippen molar-refractivity contribution in [2.75, 3.05) is 6.54 Å². The molecule has 9 heteroatoms. The molecule has 0 radical (unpaired) electrons. The van der Waals surface area contributed by atoms with E-state index >= 15 is 0 Å². The molecule has 2 unspecified atom stereocenters. The van der Waals surface area contributed by atoms with Crippen LogP contribution in [0, 0.1) is 5.92 Å². The number of amides is 1. The lowest BCUT2D eigenvalue weighted by atomic mass is 10.0. The molecule has 1 heterocycles. The van der Waals surface area contributed by atoms with Gasteiger partial charge in [-0.05, 0) is 31.2 Å². The van der Waals surface area contributed by atoms with Gasteiger partial charge in [0.15, 0.2) is 0 Å². The molecule has 1 rings (SSSR count). The number of rotatable bonds is 6. The first-order valence-electron chi connectivity index (χ1n) is 6.87. The Morgan fingerprint density at radius 1 is 1.48 bits per heavy atom. The molecule has 0 saturated carbocycles. The Morgan fingerprint density at radius 2 is 2.04 bits per heavy atom. The predicted octanol–water partition coefficient (Wildman–Crippen LogP) is 1.42. The highest BCUT2D eigenvalue weighted by Crippen LogP contribution is 2.23. The summed E-state index contributed by atoms with van der Waals surface area (Å²) in [7, 11) is -2.80. The third-order valence-corrected chi connectivity index (χ3v) is 6.07. The summed E-state index contributed by atoms with van der Waals surface area (Å²) in [5, 5.41) is 2.10. The summed E-state index contributed by atoms with van der Waals surface area (Å²) in [5.74, 6) is 3.53. The summed E-state index contributed by atoms with van der Waals surface area (Å²) in [6.45, 7) is 5.43. The summed E-state index contributed by atoms with van der Waals surface area (Å²) < 4.78 is 14.5. The van der Waals surface area contributed by atoms with Crippen molar-refractivity contribution in [3.05, 3.63) is 16.5 Å². The first-order valence-corrected chi connectivity index (χ1v) is 9.86. The quantitative estimate of drug-likeness (QED) is 0.644. The van der Waals surface area contributed by atoms with E-state index in [-0.39, 0.29) is 18.4 Å². The molecule has 0 aliphatic heterocycles. The number of carbonyl (C=O) groups is 2. The van der Waals surface area contributed by atoms with Crippen LogP contribution in [0.25, 0.3) is 0 Å². The number of nitrogens with one attached hydrogen (secondary N) is 1. The number of nitrogens with two attached hydrogens (primary N) is 2. The molecule has 132 valence electrons. The lowest BCUT2D eigenvalue weighted by molar-refractivity contribution is -0.119. The summed E-state index contributed by atoms with van der Waals surface area (Å²) >= 11 is 6.84. The molecule has 5 N–H and O–H groups in total. The topological polar surface area (TPSA) is 115 Å². The average molecular weight is 382 g/mol. The maximum Gasteiger partial charge on any atom is 0.245 e. The lowest BCUT2D eigenvalue weighted by Crippen LogP contribution is -2.34. The molecule has 6 nitrogen and oxygen atoms in total. The molecule has 1 aromatic heterocycles. The van der Waals surface area contributed by atoms with Crippen molar-refractivity contribution >= 4 is 50.2 Å². The van der Waals surface area contributed by atoms with Gasteiger partial charge >= 0.3 is 0 Å². The van der Waals surface area contributed by atoms with Crippen molar-refractivity contribution in [1.29, 1.82) is 0 Å². The molecule has 2 atom stereocenters. The van der Waals surface area contributed by atoms with Gasteiger partial charge in [0, 0.05) is 5.38 Å². The van der Waals surface area contributed by atoms with Gasteiger partial charge in [0.25, 0.3) is 0 Å². The summed E-state index contributed by atoms with van der Waals surface area (Å²) in [5.41, 5.74) is 10.5. The molecule has 0 bridgehead atoms. The van der Waals surface area contributed by atoms with E-state index in [0.717, 1.165) is 6.42 Å². The molecule has 0 aromatic carbocycles. The zero-order valence-electron chi connectivity index (χ0n) is 13.5. The number of ketones is 1. The van der Waals surface area contributed by atoms with Crippen LogP contribution in [0.15, 0.2) is 15.7 Å². The molecule has 0 aliphatic carbocycles. The zero-order valence-corrected chi connectivity index (χ0v) is 15.9. The molecular weight excluding hydrogens is 358 g/mol. The van der Waals surface area contributed by atoms with Crippen LogP contribution in [0.5, 0.6) is 0 Å². The van der Waals surface area contributed by atoms with E-state index < -0.39 is 15.6 Å². The van der Waals surface area contributed by atoms with Crippen molar-refractivity contribution in [1.82, 2.24) is 4.72 Å². The molecule has 0 saturated heterocycles. The fourth-order valence-electron chi connectivity index (χ4n) is 1.42. The second-order valence-electron chi connectivity index (χ2n) is 5.34. The predicted molar refractivity (Wildman–Crippen MR) is 98.2 cm³/mol. The van der Waals surface area contributed by atoms with Gasteiger partial charge < -0.3 is 11.5 Å². The van der Waals surface area contributed by atoms with Crippen molar-refractivity contribution in [3.63, 3.8) is 0 Å². The molecule has 0 aliphatic rings. The van der Waals surface area contributed by atoms with Crippen LogP contribution in [0.3, 0.4) is 0 Å². The van der Waals surface area contributed by atoms with Gasteiger partial charge in [-0.15, -0.1) is 11.3 Å². The average Bonchev–Trinajstić information content (AvgIpc) is 2.85. The van der Waals surface area contributed by atoms with Gasteiger partial charge in [-0.2, -0.15) is 0 Å². The first kappa shape index (κ1) is 22.1. The highest BCUT2D eigenvalue weighted by Gasteiger charge is 2.12. The standard InChI is InChI=1S/C7H9ClN2O2S2.C7H15NO/c1-14(12,10-6(11)3-9)7-2-5(8)4-13-7;1-5(2)4-7(8)6(3)9/h2,4H,1,3,9H2,(H,10,11,12);5,7H,4,8H2,1-3H3. The first-order chi connectivity index (χ1) is 10.5. The van der Waals surface area contributed by atoms with Crippen LogP contribution in [0.4, 0.5) is 0 Å². The molecule has 23 heavy (non-hydrogen) atoms. The van der Waals surface area contributed by atoms with Gasteiger partial charge in [-0.3, -0.25) is 14.3 Å². The Morgan fingerprint density at radius 3 is 2.35 bits per heavy atom. The Hall–Kier alpha value is -0.930. The third-order valence-electron chi connectivity index (χ3n) is 2.58. The molecule has 0 spiro atoms. The summed E-state index contributed by atoms with van der Waals surface area (Å²) in [6.07, 6.45) is 0.801. The SMILES string of the molecule is C=S(=O)(NC(=O)CN)c1cc(Cl)cs1.CC(=O)C(N)CC(C)C. The normalized spacial score (nSPS) is 14.4. The van der Waals surface area contributed by atoms with E-state index in [4.69, 9.17) is 23.1 Å². The van der Waals surface area contributed by atoms with Gasteiger partial charge in [-0.25, -0.2) is 4.21 Å². The number of halogens is 1. The van der Waals surface area contributed by atoms with E-state index in [1.54, 1.807) is 5.38 Å².